The number of carbonyl (C=O) groups is 1. The number of amides is 1. The normalized spacial score (nSPS) is 11.3. The van der Waals surface area contributed by atoms with Gasteiger partial charge in [0.25, 0.3) is 5.69 Å². The molecular weight excluding hydrogens is 392 g/mol. The maximum atomic E-state index is 12.2. The fourth-order valence-electron chi connectivity index (χ4n) is 3.55. The maximum absolute atomic E-state index is 12.2. The molecule has 2 aromatic carbocycles. The molecule has 0 saturated heterocycles. The van der Waals surface area contributed by atoms with Gasteiger partial charge >= 0.3 is 0 Å². The fourth-order valence-corrected chi connectivity index (χ4v) is 3.55. The van der Waals surface area contributed by atoms with Crippen molar-refractivity contribution in [2.75, 3.05) is 0 Å². The number of hydrogen-bond acceptors (Lipinski definition) is 4. The largest absolute Gasteiger partial charge is 0.318 e. The summed E-state index contributed by atoms with van der Waals surface area (Å²) < 4.78 is 2.14. The third-order valence-electron chi connectivity index (χ3n) is 5.22. The lowest BCUT2D eigenvalue weighted by Crippen LogP contribution is -2.20. The van der Waals surface area contributed by atoms with E-state index < -0.39 is 10.8 Å². The molecule has 160 valence electrons. The summed E-state index contributed by atoms with van der Waals surface area (Å²) in [5, 5.41) is 15.1. The number of carbonyl (C=O) groups excluding carboxylic acids is 1. The Morgan fingerprint density at radius 2 is 1.84 bits per heavy atom. The van der Waals surface area contributed by atoms with Gasteiger partial charge in [0.1, 0.15) is 0 Å². The van der Waals surface area contributed by atoms with Gasteiger partial charge in [-0.1, -0.05) is 44.2 Å². The van der Waals surface area contributed by atoms with Crippen molar-refractivity contribution in [1.29, 1.82) is 0 Å². The average molecular weight is 418 g/mol. The molecule has 0 saturated carbocycles. The summed E-state index contributed by atoms with van der Waals surface area (Å²) in [6.07, 6.45) is 1.48. The summed E-state index contributed by atoms with van der Waals surface area (Å²) in [6, 6.07) is 16.7. The monoisotopic (exact) mass is 418 g/mol. The molecule has 1 aromatic heterocycles. The topological polar surface area (TPSA) is 89.5 Å². The van der Waals surface area contributed by atoms with Crippen LogP contribution in [0, 0.1) is 24.0 Å². The van der Waals surface area contributed by atoms with Crippen LogP contribution in [0.5, 0.6) is 0 Å². The van der Waals surface area contributed by atoms with E-state index >= 15 is 0 Å². The summed E-state index contributed by atoms with van der Waals surface area (Å²) in [5.41, 5.74) is 8.04. The molecule has 0 bridgehead atoms. The number of nitrogens with zero attached hydrogens (tertiary/aromatic N) is 3. The summed E-state index contributed by atoms with van der Waals surface area (Å²) in [7, 11) is 0. The molecule has 31 heavy (non-hydrogen) atoms. The zero-order valence-corrected chi connectivity index (χ0v) is 18.1. The van der Waals surface area contributed by atoms with Crippen molar-refractivity contribution in [3.8, 4) is 5.69 Å². The Labute approximate surface area is 181 Å². The first-order chi connectivity index (χ1) is 14.8. The number of benzene rings is 2. The van der Waals surface area contributed by atoms with Crippen molar-refractivity contribution in [2.24, 2.45) is 5.10 Å². The molecule has 0 unspecified atom stereocenters. The van der Waals surface area contributed by atoms with Gasteiger partial charge in [0.05, 0.1) is 17.6 Å². The Balaban J connectivity index is 1.71. The van der Waals surface area contributed by atoms with Crippen molar-refractivity contribution >= 4 is 17.8 Å². The minimum Gasteiger partial charge on any atom is -0.318 e. The molecule has 1 amide bonds. The smallest absolute Gasteiger partial charge is 0.273 e. The lowest BCUT2D eigenvalue weighted by Gasteiger charge is -2.12. The van der Waals surface area contributed by atoms with Gasteiger partial charge in [-0.25, -0.2) is 5.43 Å². The molecular formula is C24H26N4O3. The zero-order valence-electron chi connectivity index (χ0n) is 18.1. The second kappa shape index (κ2) is 9.38. The number of nitro groups is 1. The highest BCUT2D eigenvalue weighted by Gasteiger charge is 2.15. The van der Waals surface area contributed by atoms with Gasteiger partial charge in [0, 0.05) is 34.3 Å². The second-order valence-corrected chi connectivity index (χ2v) is 7.76. The molecule has 1 heterocycles. The average Bonchev–Trinajstić information content (AvgIpc) is 3.01. The van der Waals surface area contributed by atoms with Gasteiger partial charge in [0.2, 0.25) is 5.91 Å². The molecule has 7 heteroatoms. The number of rotatable bonds is 7. The van der Waals surface area contributed by atoms with E-state index in [4.69, 9.17) is 0 Å². The van der Waals surface area contributed by atoms with Crippen LogP contribution in [0.4, 0.5) is 5.69 Å². The van der Waals surface area contributed by atoms with Gasteiger partial charge in [-0.05, 0) is 43.5 Å². The molecule has 3 rings (SSSR count). The minimum absolute atomic E-state index is 0.0753. The molecule has 0 radical (unpaired) electrons. The Kier molecular flexibility index (Phi) is 6.65. The fraction of sp³-hybridized carbons (Fsp3) is 0.250. The highest BCUT2D eigenvalue weighted by Crippen LogP contribution is 2.22. The predicted octanol–water partition coefficient (Wildman–Crippen LogP) is 4.82. The van der Waals surface area contributed by atoms with E-state index in [1.807, 2.05) is 19.9 Å². The van der Waals surface area contributed by atoms with Crippen molar-refractivity contribution in [2.45, 2.75) is 40.0 Å². The number of nitro benzene ring substituents is 1. The van der Waals surface area contributed by atoms with Crippen LogP contribution >= 0.6 is 0 Å². The molecule has 0 aliphatic heterocycles. The van der Waals surface area contributed by atoms with E-state index in [0.717, 1.165) is 22.6 Å². The number of aryl methyl sites for hydroxylation is 1. The summed E-state index contributed by atoms with van der Waals surface area (Å²) in [6.45, 7) is 8.35. The molecule has 0 spiro atoms. The van der Waals surface area contributed by atoms with Crippen LogP contribution in [-0.2, 0) is 11.2 Å². The first kappa shape index (κ1) is 22.0. The van der Waals surface area contributed by atoms with E-state index in [1.54, 1.807) is 24.4 Å². The molecule has 7 nitrogen and oxygen atoms in total. The molecule has 0 fully saturated rings. The van der Waals surface area contributed by atoms with Crippen LogP contribution in [0.1, 0.15) is 47.8 Å². The third kappa shape index (κ3) is 5.06. The summed E-state index contributed by atoms with van der Waals surface area (Å²) in [4.78, 5) is 22.8. The summed E-state index contributed by atoms with van der Waals surface area (Å²) >= 11 is 0. The number of nitrogens with one attached hydrogen (secondary N) is 1. The predicted molar refractivity (Wildman–Crippen MR) is 122 cm³/mol. The Morgan fingerprint density at radius 1 is 1.16 bits per heavy atom. The number of para-hydroxylation sites is 1. The quantitative estimate of drug-likeness (QED) is 0.339. The molecule has 0 aliphatic carbocycles. The first-order valence-corrected chi connectivity index (χ1v) is 10.1. The Hall–Kier alpha value is -3.74. The van der Waals surface area contributed by atoms with Crippen molar-refractivity contribution in [3.05, 3.63) is 92.8 Å². The number of aromatic nitrogens is 1. The maximum Gasteiger partial charge on any atom is 0.273 e. The Bertz CT molecular complexity index is 1130. The van der Waals surface area contributed by atoms with Crippen molar-refractivity contribution in [1.82, 2.24) is 9.99 Å². The molecule has 1 N–H and O–H groups in total. The van der Waals surface area contributed by atoms with Crippen LogP contribution in [0.3, 0.4) is 0 Å². The number of hydrazone groups is 1. The van der Waals surface area contributed by atoms with E-state index in [1.165, 1.54) is 11.6 Å². The van der Waals surface area contributed by atoms with Crippen LogP contribution in [0.2, 0.25) is 0 Å². The van der Waals surface area contributed by atoms with Gasteiger partial charge in [-0.3, -0.25) is 14.9 Å². The van der Waals surface area contributed by atoms with Crippen LogP contribution in [0.25, 0.3) is 5.69 Å². The van der Waals surface area contributed by atoms with Gasteiger partial charge in [-0.2, -0.15) is 5.10 Å². The van der Waals surface area contributed by atoms with Crippen LogP contribution in [-0.4, -0.2) is 21.6 Å². The van der Waals surface area contributed by atoms with Crippen LogP contribution < -0.4 is 5.43 Å². The second-order valence-electron chi connectivity index (χ2n) is 7.76. The van der Waals surface area contributed by atoms with E-state index in [-0.39, 0.29) is 12.1 Å². The third-order valence-corrected chi connectivity index (χ3v) is 5.22. The number of hydrogen-bond donors (Lipinski definition) is 1. The van der Waals surface area contributed by atoms with Gasteiger partial charge < -0.3 is 4.57 Å². The first-order valence-electron chi connectivity index (χ1n) is 10.1. The van der Waals surface area contributed by atoms with E-state index in [2.05, 4.69) is 53.2 Å². The molecule has 0 atom stereocenters. The minimum atomic E-state index is -0.492. The van der Waals surface area contributed by atoms with Crippen molar-refractivity contribution < 1.29 is 9.72 Å². The highest BCUT2D eigenvalue weighted by molar-refractivity contribution is 5.85. The highest BCUT2D eigenvalue weighted by atomic mass is 16.6. The SMILES string of the molecule is Cc1cc(/C=N/NC(=O)Cc2ccccc2[N+](=O)[O-])c(C)n1-c1ccc(C(C)C)cc1. The van der Waals surface area contributed by atoms with Crippen molar-refractivity contribution in [3.63, 3.8) is 0 Å². The lowest BCUT2D eigenvalue weighted by atomic mass is 10.0. The standard InChI is InChI=1S/C24H26N4O3/c1-16(2)19-9-11-22(12-10-19)27-17(3)13-21(18(27)4)15-25-26-24(29)14-20-7-5-6-8-23(20)28(30)31/h5-13,15-16H,14H2,1-4H3,(H,26,29)/b25-15+. The molecule has 3 aromatic rings. The van der Waals surface area contributed by atoms with Gasteiger partial charge in [0.15, 0.2) is 0 Å². The Morgan fingerprint density at radius 3 is 2.48 bits per heavy atom. The summed E-state index contributed by atoms with van der Waals surface area (Å²) in [5.74, 6) is 0.0631. The lowest BCUT2D eigenvalue weighted by molar-refractivity contribution is -0.385. The zero-order chi connectivity index (χ0) is 22.5. The molecule has 0 aliphatic rings. The van der Waals surface area contributed by atoms with E-state index in [9.17, 15) is 14.9 Å². The van der Waals surface area contributed by atoms with E-state index in [0.29, 0.717) is 11.5 Å². The van der Waals surface area contributed by atoms with Gasteiger partial charge in [-0.15, -0.1) is 0 Å². The van der Waals surface area contributed by atoms with Crippen LogP contribution in [0.15, 0.2) is 59.7 Å².